The van der Waals surface area contributed by atoms with Crippen molar-refractivity contribution in [2.45, 2.75) is 45.8 Å². The minimum Gasteiger partial charge on any atom is -0.393 e. The van der Waals surface area contributed by atoms with Crippen molar-refractivity contribution in [3.8, 4) is 0 Å². The Morgan fingerprint density at radius 2 is 1.35 bits per heavy atom. The Labute approximate surface area is 158 Å². The predicted molar refractivity (Wildman–Crippen MR) is 113 cm³/mol. The van der Waals surface area contributed by atoms with Crippen LogP contribution >= 0.6 is 0 Å². The van der Waals surface area contributed by atoms with Crippen LogP contribution in [-0.4, -0.2) is 31.0 Å². The van der Waals surface area contributed by atoms with E-state index in [9.17, 15) is 10.2 Å². The summed E-state index contributed by atoms with van der Waals surface area (Å²) in [5.74, 6) is 0. The van der Waals surface area contributed by atoms with Crippen molar-refractivity contribution in [2.24, 2.45) is 0 Å². The minimum atomic E-state index is -2.38. The van der Waals surface area contributed by atoms with E-state index in [1.54, 1.807) is 0 Å². The molecule has 2 N–H and O–H groups in total. The smallest absolute Gasteiger partial charge is 0.157 e. The van der Waals surface area contributed by atoms with Gasteiger partial charge in [0, 0.05) is 0 Å². The molecule has 26 heavy (non-hydrogen) atoms. The molecule has 0 radical (unpaired) electrons. The van der Waals surface area contributed by atoms with Gasteiger partial charge in [0.25, 0.3) is 0 Å². The predicted octanol–water partition coefficient (Wildman–Crippen LogP) is 3.43. The molecule has 0 aliphatic rings. The van der Waals surface area contributed by atoms with Gasteiger partial charge in [-0.15, -0.1) is 5.73 Å². The van der Waals surface area contributed by atoms with E-state index < -0.39 is 14.2 Å². The Hall–Kier alpha value is -1.90. The normalized spacial score (nSPS) is 13.0. The maximum absolute atomic E-state index is 10.0. The Kier molecular flexibility index (Phi) is 6.43. The van der Waals surface area contributed by atoms with Gasteiger partial charge in [0.05, 0.1) is 6.61 Å². The van der Waals surface area contributed by atoms with Crippen LogP contribution in [0.15, 0.2) is 77.2 Å². The lowest BCUT2D eigenvalue weighted by Gasteiger charge is -2.44. The van der Waals surface area contributed by atoms with Crippen LogP contribution < -0.4 is 10.4 Å². The second-order valence-electron chi connectivity index (χ2n) is 7.86. The first kappa shape index (κ1) is 20.4. The van der Waals surface area contributed by atoms with E-state index in [0.717, 1.165) is 5.20 Å². The van der Waals surface area contributed by atoms with Gasteiger partial charge >= 0.3 is 0 Å². The molecular weight excluding hydrogens is 336 g/mol. The molecule has 2 nitrogen and oxygen atoms in total. The first-order chi connectivity index (χ1) is 12.2. The van der Waals surface area contributed by atoms with E-state index in [1.165, 1.54) is 10.4 Å². The molecule has 0 fully saturated rings. The lowest BCUT2D eigenvalue weighted by atomic mass is 10.2. The third kappa shape index (κ3) is 3.77. The van der Waals surface area contributed by atoms with Gasteiger partial charge < -0.3 is 10.2 Å². The molecular formula is C23H30O2Si. The highest BCUT2D eigenvalue weighted by Crippen LogP contribution is 2.40. The minimum absolute atomic E-state index is 0.00274. The second-order valence-corrected chi connectivity index (χ2v) is 12.8. The molecule has 2 rings (SSSR count). The van der Waals surface area contributed by atoms with Gasteiger partial charge in [-0.05, 0) is 40.0 Å². The highest BCUT2D eigenvalue weighted by Gasteiger charge is 2.49. The maximum Gasteiger partial charge on any atom is 0.157 e. The largest absolute Gasteiger partial charge is 0.393 e. The number of benzene rings is 2. The molecule has 2 aromatic rings. The van der Waals surface area contributed by atoms with Crippen molar-refractivity contribution in [1.29, 1.82) is 0 Å². The zero-order valence-corrected chi connectivity index (χ0v) is 17.5. The summed E-state index contributed by atoms with van der Waals surface area (Å²) in [6.07, 6.45) is -0.872. The van der Waals surface area contributed by atoms with Crippen LogP contribution in [0.25, 0.3) is 0 Å². The molecule has 0 saturated heterocycles. The van der Waals surface area contributed by atoms with Crippen LogP contribution in [0, 0.1) is 0 Å². The zero-order chi connectivity index (χ0) is 19.4. The number of hydrogen-bond acceptors (Lipinski definition) is 2. The average molecular weight is 367 g/mol. The summed E-state index contributed by atoms with van der Waals surface area (Å²) in [6, 6.07) is 21.3. The van der Waals surface area contributed by atoms with Gasteiger partial charge in [0.1, 0.15) is 6.10 Å². The van der Waals surface area contributed by atoms with Crippen LogP contribution in [0.4, 0.5) is 0 Å². The third-order valence-corrected chi connectivity index (χ3v) is 11.1. The molecule has 2 aromatic carbocycles. The topological polar surface area (TPSA) is 40.5 Å². The van der Waals surface area contributed by atoms with Crippen LogP contribution in [0.2, 0.25) is 5.04 Å². The van der Waals surface area contributed by atoms with E-state index in [-0.39, 0.29) is 11.6 Å². The number of hydrogen-bond donors (Lipinski definition) is 2. The third-order valence-electron chi connectivity index (χ3n) is 5.16. The standard InChI is InChI=1S/C23H30O2Si/c1-18(22(25)17-24)16-19(2)26(23(3,4)5,20-12-8-6-9-13-20)21-14-10-7-11-15-21/h6-15,22,24-25H,17H2,1-5H3/t16?,22-/m1/s1. The summed E-state index contributed by atoms with van der Waals surface area (Å²) in [5, 5.41) is 23.2. The van der Waals surface area contributed by atoms with Crippen molar-refractivity contribution < 1.29 is 10.2 Å². The van der Waals surface area contributed by atoms with Crippen molar-refractivity contribution in [3.63, 3.8) is 0 Å². The molecule has 0 bridgehead atoms. The highest BCUT2D eigenvalue weighted by molar-refractivity contribution is 7.09. The maximum atomic E-state index is 10.0. The fourth-order valence-electron chi connectivity index (χ4n) is 4.01. The summed E-state index contributed by atoms with van der Waals surface area (Å²) >= 11 is 0. The first-order valence-corrected chi connectivity index (χ1v) is 11.1. The average Bonchev–Trinajstić information content (AvgIpc) is 2.62. The van der Waals surface area contributed by atoms with E-state index in [4.69, 9.17) is 0 Å². The lowest BCUT2D eigenvalue weighted by Crippen LogP contribution is -2.65. The number of aliphatic hydroxyl groups excluding tert-OH is 2. The van der Waals surface area contributed by atoms with E-state index >= 15 is 0 Å². The van der Waals surface area contributed by atoms with Crippen LogP contribution in [0.1, 0.15) is 34.6 Å². The highest BCUT2D eigenvalue weighted by atomic mass is 28.3. The Bertz CT molecular complexity index is 742. The fourth-order valence-corrected chi connectivity index (χ4v) is 9.84. The van der Waals surface area contributed by atoms with Crippen LogP contribution in [-0.2, 0) is 0 Å². The van der Waals surface area contributed by atoms with Crippen molar-refractivity contribution >= 4 is 18.4 Å². The molecule has 0 saturated carbocycles. The first-order valence-electron chi connectivity index (χ1n) is 9.09. The summed E-state index contributed by atoms with van der Waals surface area (Å²) in [4.78, 5) is 0. The summed E-state index contributed by atoms with van der Waals surface area (Å²) in [5.41, 5.74) is 4.14. The summed E-state index contributed by atoms with van der Waals surface area (Å²) < 4.78 is 0. The SMILES string of the molecule is CC(=C=C(C)[Si](c1ccccc1)(c1ccccc1)C(C)(C)C)[C@H](O)CO. The van der Waals surface area contributed by atoms with Crippen molar-refractivity contribution in [3.05, 3.63) is 77.2 Å². The van der Waals surface area contributed by atoms with Crippen LogP contribution in [0.3, 0.4) is 0 Å². The van der Waals surface area contributed by atoms with Gasteiger partial charge in [-0.3, -0.25) is 0 Å². The molecule has 0 aliphatic heterocycles. The fraction of sp³-hybridized carbons (Fsp3) is 0.348. The Morgan fingerprint density at radius 3 is 1.69 bits per heavy atom. The molecule has 0 heterocycles. The molecule has 0 aliphatic carbocycles. The molecule has 3 heteroatoms. The van der Waals surface area contributed by atoms with Crippen molar-refractivity contribution in [2.75, 3.05) is 6.61 Å². The molecule has 0 unspecified atom stereocenters. The van der Waals surface area contributed by atoms with E-state index in [2.05, 4.69) is 82.0 Å². The Balaban J connectivity index is 2.92. The van der Waals surface area contributed by atoms with E-state index in [1.807, 2.05) is 19.1 Å². The van der Waals surface area contributed by atoms with Gasteiger partial charge in [-0.1, -0.05) is 81.4 Å². The molecule has 138 valence electrons. The molecule has 0 amide bonds. The van der Waals surface area contributed by atoms with Gasteiger partial charge in [0.2, 0.25) is 0 Å². The van der Waals surface area contributed by atoms with Crippen molar-refractivity contribution in [1.82, 2.24) is 0 Å². The second kappa shape index (κ2) is 8.19. The molecule has 1 atom stereocenters. The van der Waals surface area contributed by atoms with Gasteiger partial charge in [-0.25, -0.2) is 0 Å². The summed E-state index contributed by atoms with van der Waals surface area (Å²) in [6.45, 7) is 10.6. The van der Waals surface area contributed by atoms with Gasteiger partial charge in [-0.2, -0.15) is 0 Å². The van der Waals surface area contributed by atoms with E-state index in [0.29, 0.717) is 5.57 Å². The number of aliphatic hydroxyl groups is 2. The molecule has 0 spiro atoms. The van der Waals surface area contributed by atoms with Gasteiger partial charge in [0.15, 0.2) is 8.07 Å². The Morgan fingerprint density at radius 1 is 0.923 bits per heavy atom. The zero-order valence-electron chi connectivity index (χ0n) is 16.5. The molecule has 0 aromatic heterocycles. The number of rotatable bonds is 5. The summed E-state index contributed by atoms with van der Waals surface area (Å²) in [7, 11) is -2.38. The van der Waals surface area contributed by atoms with Crippen LogP contribution in [0.5, 0.6) is 0 Å². The lowest BCUT2D eigenvalue weighted by molar-refractivity contribution is 0.122. The quantitative estimate of drug-likeness (QED) is 0.629. The monoisotopic (exact) mass is 366 g/mol.